The summed E-state index contributed by atoms with van der Waals surface area (Å²) in [7, 11) is 0. The van der Waals surface area contributed by atoms with Crippen molar-refractivity contribution in [2.75, 3.05) is 19.8 Å². The Bertz CT molecular complexity index is 1550. The maximum absolute atomic E-state index is 12.5. The SMILES string of the molecule is CCC[n+]1noc(/N=C(/[O-])OCC)c1-c1cc(-c2c(/N=C(\[O-])OCC)on[n+]2CCC)cc(-c2c(/N=C(\[O-])OCC)on[n+]2CCC)c1. The second kappa shape index (κ2) is 16.8. The fourth-order valence-corrected chi connectivity index (χ4v) is 4.73. The molecule has 48 heavy (non-hydrogen) atoms. The van der Waals surface area contributed by atoms with Gasteiger partial charge < -0.3 is 29.5 Å². The van der Waals surface area contributed by atoms with E-state index in [1.165, 1.54) is 0 Å². The number of ether oxygens (including phenoxy) is 3. The smallest absolute Gasteiger partial charge is 0.331 e. The van der Waals surface area contributed by atoms with E-state index in [0.29, 0.717) is 72.7 Å². The van der Waals surface area contributed by atoms with Crippen LogP contribution in [0, 0.1) is 0 Å². The molecule has 18 heteroatoms. The number of nitrogens with zero attached hydrogens (tertiary/aromatic N) is 9. The maximum atomic E-state index is 12.5. The lowest BCUT2D eigenvalue weighted by Crippen LogP contribution is -2.38. The number of hydrogen-bond donors (Lipinski definition) is 0. The van der Waals surface area contributed by atoms with Crippen molar-refractivity contribution >= 4 is 35.9 Å². The van der Waals surface area contributed by atoms with Crippen molar-refractivity contribution in [3.63, 3.8) is 0 Å². The Morgan fingerprint density at radius 2 is 0.812 bits per heavy atom. The lowest BCUT2D eigenvalue weighted by molar-refractivity contribution is -0.753. The number of hydrogen-bond acceptors (Lipinski definition) is 15. The van der Waals surface area contributed by atoms with Gasteiger partial charge in [0.25, 0.3) is 0 Å². The van der Waals surface area contributed by atoms with Crippen molar-refractivity contribution in [1.29, 1.82) is 0 Å². The van der Waals surface area contributed by atoms with Crippen molar-refractivity contribution in [2.45, 2.75) is 80.4 Å². The monoisotopic (exact) mass is 669 g/mol. The van der Waals surface area contributed by atoms with Gasteiger partial charge in [-0.15, -0.1) is 0 Å². The second-order valence-corrected chi connectivity index (χ2v) is 10.1. The number of rotatable bonds is 15. The van der Waals surface area contributed by atoms with Crippen LogP contribution < -0.4 is 29.4 Å². The standard InChI is InChI=1S/C30H39N9O9/c1-7-13-37-22(25(46-34-37)31-28(40)43-10-4)19-16-20(23-26(32-29(41)44-11-5)47-35-38(23)14-8-2)18-21(17-19)24-27(33-30(42)45-12-6)48-36-39(24)15-9-3/h16-18H,7-15H2,1-6H3. The average Bonchev–Trinajstić information content (AvgIpc) is 3.75. The summed E-state index contributed by atoms with van der Waals surface area (Å²) in [6.07, 6.45) is -0.567. The van der Waals surface area contributed by atoms with Crippen LogP contribution in [0.2, 0.25) is 0 Å². The minimum atomic E-state index is -0.861. The first kappa shape index (κ1) is 35.3. The van der Waals surface area contributed by atoms with Crippen molar-refractivity contribution in [2.24, 2.45) is 15.0 Å². The van der Waals surface area contributed by atoms with E-state index in [1.807, 2.05) is 20.8 Å². The lowest BCUT2D eigenvalue weighted by atomic mass is 9.99. The van der Waals surface area contributed by atoms with E-state index < -0.39 is 18.3 Å². The molecule has 0 saturated carbocycles. The number of aryl methyl sites for hydroxylation is 3. The molecule has 0 aliphatic carbocycles. The molecule has 0 unspecified atom stereocenters. The van der Waals surface area contributed by atoms with Crippen LogP contribution in [0.25, 0.3) is 33.8 Å². The van der Waals surface area contributed by atoms with Crippen LogP contribution in [0.3, 0.4) is 0 Å². The predicted molar refractivity (Wildman–Crippen MR) is 161 cm³/mol. The Morgan fingerprint density at radius 3 is 1.04 bits per heavy atom. The topological polar surface area (TPSA) is 224 Å². The molecule has 0 fully saturated rings. The van der Waals surface area contributed by atoms with E-state index in [4.69, 9.17) is 27.8 Å². The average molecular weight is 670 g/mol. The van der Waals surface area contributed by atoms with Crippen molar-refractivity contribution in [1.82, 2.24) is 15.8 Å². The van der Waals surface area contributed by atoms with Gasteiger partial charge in [-0.3, -0.25) is 13.6 Å². The number of aromatic nitrogens is 6. The fraction of sp³-hybridized carbons (Fsp3) is 0.500. The molecule has 0 aliphatic rings. The largest absolute Gasteiger partial charge is 0.600 e. The van der Waals surface area contributed by atoms with E-state index >= 15 is 0 Å². The summed E-state index contributed by atoms with van der Waals surface area (Å²) in [6.45, 7) is 12.4. The molecule has 0 saturated heterocycles. The number of benzene rings is 1. The fourth-order valence-electron chi connectivity index (χ4n) is 4.73. The Hall–Kier alpha value is -5.55. The highest BCUT2D eigenvalue weighted by Gasteiger charge is 2.34. The molecular formula is C30H39N9O9. The van der Waals surface area contributed by atoms with E-state index in [1.54, 1.807) is 53.0 Å². The van der Waals surface area contributed by atoms with Gasteiger partial charge in [0.2, 0.25) is 15.8 Å². The molecule has 1 aromatic carbocycles. The zero-order valence-corrected chi connectivity index (χ0v) is 27.8. The minimum absolute atomic E-state index is 0.101. The van der Waals surface area contributed by atoms with E-state index in [2.05, 4.69) is 30.8 Å². The molecule has 0 bridgehead atoms. The van der Waals surface area contributed by atoms with Gasteiger partial charge in [-0.25, -0.2) is 0 Å². The summed E-state index contributed by atoms with van der Waals surface area (Å²) in [5.74, 6) is -0.302. The molecular weight excluding hydrogens is 630 g/mol. The maximum Gasteiger partial charge on any atom is 0.331 e. The Kier molecular flexibility index (Phi) is 12.4. The van der Waals surface area contributed by atoms with Crippen LogP contribution in [0.5, 0.6) is 0 Å². The molecule has 0 N–H and O–H groups in total. The van der Waals surface area contributed by atoms with Gasteiger partial charge in [-0.2, -0.15) is 15.0 Å². The summed E-state index contributed by atoms with van der Waals surface area (Å²) < 4.78 is 36.4. The first-order chi connectivity index (χ1) is 23.3. The summed E-state index contributed by atoms with van der Waals surface area (Å²) in [5, 5.41) is 49.8. The van der Waals surface area contributed by atoms with Crippen LogP contribution in [0.4, 0.5) is 17.7 Å². The van der Waals surface area contributed by atoms with Gasteiger partial charge in [0.15, 0.2) is 37.9 Å². The highest BCUT2D eigenvalue weighted by molar-refractivity contribution is 5.84. The van der Waals surface area contributed by atoms with Crippen LogP contribution in [0.15, 0.2) is 46.7 Å². The Balaban J connectivity index is 2.11. The second-order valence-electron chi connectivity index (χ2n) is 10.1. The minimum Gasteiger partial charge on any atom is -0.600 e. The highest BCUT2D eigenvalue weighted by Crippen LogP contribution is 2.38. The quantitative estimate of drug-likeness (QED) is 0.0978. The van der Waals surface area contributed by atoms with Crippen molar-refractivity contribution in [3.05, 3.63) is 18.2 Å². The molecule has 0 atom stereocenters. The van der Waals surface area contributed by atoms with Crippen LogP contribution in [-0.4, -0.2) is 53.9 Å². The molecule has 3 heterocycles. The Morgan fingerprint density at radius 1 is 0.542 bits per heavy atom. The van der Waals surface area contributed by atoms with Gasteiger partial charge in [-0.1, -0.05) is 41.5 Å². The molecule has 0 aliphatic heterocycles. The van der Waals surface area contributed by atoms with Gasteiger partial charge in [0, 0.05) is 19.3 Å². The molecule has 258 valence electrons. The first-order valence-corrected chi connectivity index (χ1v) is 15.8. The normalized spacial score (nSPS) is 12.5. The summed E-state index contributed by atoms with van der Waals surface area (Å²) in [6, 6.07) is 5.28. The summed E-state index contributed by atoms with van der Waals surface area (Å²) in [4.78, 5) is 12.1. The van der Waals surface area contributed by atoms with Gasteiger partial charge in [0.05, 0.1) is 16.7 Å². The Labute approximate surface area is 276 Å². The van der Waals surface area contributed by atoms with E-state index in [-0.39, 0.29) is 37.5 Å². The van der Waals surface area contributed by atoms with Gasteiger partial charge >= 0.3 is 34.7 Å². The van der Waals surface area contributed by atoms with Gasteiger partial charge in [-0.05, 0) is 52.1 Å². The van der Waals surface area contributed by atoms with Crippen LogP contribution in [-0.2, 0) is 33.8 Å². The molecule has 0 radical (unpaired) electrons. The molecule has 0 amide bonds. The third kappa shape index (κ3) is 8.23. The molecule has 4 aromatic rings. The zero-order valence-electron chi connectivity index (χ0n) is 27.8. The molecule has 0 spiro atoms. The summed E-state index contributed by atoms with van der Waals surface area (Å²) >= 11 is 0. The van der Waals surface area contributed by atoms with Gasteiger partial charge in [0.1, 0.15) is 0 Å². The van der Waals surface area contributed by atoms with Crippen LogP contribution in [0.1, 0.15) is 60.8 Å². The lowest BCUT2D eigenvalue weighted by Gasteiger charge is -2.10. The molecule has 3 aromatic heterocycles. The molecule has 18 nitrogen and oxygen atoms in total. The van der Waals surface area contributed by atoms with E-state index in [9.17, 15) is 15.3 Å². The molecule has 4 rings (SSSR count). The van der Waals surface area contributed by atoms with Crippen molar-refractivity contribution in [3.8, 4) is 33.8 Å². The predicted octanol–water partition coefficient (Wildman–Crippen LogP) is 0.897. The van der Waals surface area contributed by atoms with E-state index in [0.717, 1.165) is 0 Å². The zero-order chi connectivity index (χ0) is 34.6. The van der Waals surface area contributed by atoms with Crippen molar-refractivity contribution < 1.29 is 57.1 Å². The third-order valence-electron chi connectivity index (χ3n) is 6.50. The number of aliphatic imine (C=N–C) groups is 3. The summed E-state index contributed by atoms with van der Waals surface area (Å²) in [5.41, 5.74) is 2.45. The first-order valence-electron chi connectivity index (χ1n) is 15.8. The van der Waals surface area contributed by atoms with Crippen LogP contribution >= 0.6 is 0 Å². The third-order valence-corrected chi connectivity index (χ3v) is 6.50. The highest BCUT2D eigenvalue weighted by atomic mass is 16.6.